The minimum absolute atomic E-state index is 0.221. The van der Waals surface area contributed by atoms with Crippen LogP contribution in [-0.2, 0) is 0 Å². The first kappa shape index (κ1) is 13.1. The van der Waals surface area contributed by atoms with Gasteiger partial charge in [-0.2, -0.15) is 0 Å². The fraction of sp³-hybridized carbons (Fsp3) is 0.143. The van der Waals surface area contributed by atoms with E-state index in [2.05, 4.69) is 4.98 Å². The highest BCUT2D eigenvalue weighted by Gasteiger charge is 2.17. The highest BCUT2D eigenvalue weighted by Crippen LogP contribution is 2.35. The quantitative estimate of drug-likeness (QED) is 0.703. The molecule has 0 bridgehead atoms. The second-order valence-electron chi connectivity index (χ2n) is 4.55. The van der Waals surface area contributed by atoms with E-state index in [1.54, 1.807) is 6.92 Å². The summed E-state index contributed by atoms with van der Waals surface area (Å²) in [6, 6.07) is 7.42. The Labute approximate surface area is 124 Å². The SMILES string of the molecule is Cc1sc2nc(C)n(N)c(=O)c2c1-c1ccc(Cl)cc1. The third-order valence-electron chi connectivity index (χ3n) is 3.24. The molecule has 0 saturated carbocycles. The minimum atomic E-state index is -0.221. The summed E-state index contributed by atoms with van der Waals surface area (Å²) in [5.41, 5.74) is 1.61. The number of nitrogen functional groups attached to an aromatic ring is 1. The van der Waals surface area contributed by atoms with Crippen LogP contribution in [0.4, 0.5) is 0 Å². The van der Waals surface area contributed by atoms with Crippen LogP contribution < -0.4 is 11.4 Å². The fourth-order valence-electron chi connectivity index (χ4n) is 2.24. The molecule has 2 aromatic heterocycles. The van der Waals surface area contributed by atoms with E-state index >= 15 is 0 Å². The van der Waals surface area contributed by atoms with Crippen molar-refractivity contribution in [1.82, 2.24) is 9.66 Å². The summed E-state index contributed by atoms with van der Waals surface area (Å²) < 4.78 is 1.09. The van der Waals surface area contributed by atoms with Gasteiger partial charge in [0.1, 0.15) is 10.7 Å². The molecule has 2 heterocycles. The molecule has 0 aliphatic rings. The molecule has 0 atom stereocenters. The van der Waals surface area contributed by atoms with Crippen LogP contribution in [0.1, 0.15) is 10.7 Å². The Kier molecular flexibility index (Phi) is 3.03. The van der Waals surface area contributed by atoms with Crippen LogP contribution in [0.5, 0.6) is 0 Å². The third-order valence-corrected chi connectivity index (χ3v) is 4.49. The zero-order valence-corrected chi connectivity index (χ0v) is 12.5. The van der Waals surface area contributed by atoms with Gasteiger partial charge < -0.3 is 5.84 Å². The average molecular weight is 306 g/mol. The Morgan fingerprint density at radius 2 is 1.90 bits per heavy atom. The van der Waals surface area contributed by atoms with Gasteiger partial charge in [0.05, 0.1) is 5.39 Å². The molecule has 0 aliphatic heterocycles. The molecule has 0 amide bonds. The van der Waals surface area contributed by atoms with E-state index in [4.69, 9.17) is 17.4 Å². The van der Waals surface area contributed by atoms with Crippen molar-refractivity contribution in [3.63, 3.8) is 0 Å². The maximum atomic E-state index is 12.4. The molecule has 1 aromatic carbocycles. The van der Waals surface area contributed by atoms with Crippen molar-refractivity contribution in [2.75, 3.05) is 5.84 Å². The molecule has 0 unspecified atom stereocenters. The van der Waals surface area contributed by atoms with Gasteiger partial charge in [0, 0.05) is 15.5 Å². The Bertz CT molecular complexity index is 865. The Morgan fingerprint density at radius 3 is 2.55 bits per heavy atom. The van der Waals surface area contributed by atoms with Crippen LogP contribution in [0.15, 0.2) is 29.1 Å². The molecule has 6 heteroatoms. The van der Waals surface area contributed by atoms with Crippen molar-refractivity contribution in [3.05, 3.63) is 50.3 Å². The number of hydrogen-bond donors (Lipinski definition) is 1. The van der Waals surface area contributed by atoms with Crippen molar-refractivity contribution in [2.24, 2.45) is 0 Å². The van der Waals surface area contributed by atoms with Crippen LogP contribution in [0.2, 0.25) is 5.02 Å². The van der Waals surface area contributed by atoms with Crippen LogP contribution in [0.3, 0.4) is 0 Å². The number of thiophene rings is 1. The minimum Gasteiger partial charge on any atom is -0.335 e. The van der Waals surface area contributed by atoms with Gasteiger partial charge in [-0.05, 0) is 31.5 Å². The summed E-state index contributed by atoms with van der Waals surface area (Å²) >= 11 is 7.41. The first-order chi connectivity index (χ1) is 9.49. The molecule has 0 fully saturated rings. The number of halogens is 1. The third kappa shape index (κ3) is 1.90. The summed E-state index contributed by atoms with van der Waals surface area (Å²) in [4.78, 5) is 18.6. The average Bonchev–Trinajstić information content (AvgIpc) is 2.73. The number of nitrogens with zero attached hydrogens (tertiary/aromatic N) is 2. The number of aromatic nitrogens is 2. The van der Waals surface area contributed by atoms with Gasteiger partial charge in [-0.15, -0.1) is 11.3 Å². The molecule has 0 saturated heterocycles. The summed E-state index contributed by atoms with van der Waals surface area (Å²) in [7, 11) is 0. The number of rotatable bonds is 1. The summed E-state index contributed by atoms with van der Waals surface area (Å²) in [6.07, 6.45) is 0. The van der Waals surface area contributed by atoms with Crippen molar-refractivity contribution in [3.8, 4) is 11.1 Å². The van der Waals surface area contributed by atoms with Crippen molar-refractivity contribution in [1.29, 1.82) is 0 Å². The van der Waals surface area contributed by atoms with Crippen LogP contribution in [0, 0.1) is 13.8 Å². The smallest absolute Gasteiger partial charge is 0.281 e. The van der Waals surface area contributed by atoms with Crippen molar-refractivity contribution < 1.29 is 0 Å². The molecule has 102 valence electrons. The lowest BCUT2D eigenvalue weighted by Gasteiger charge is -2.05. The first-order valence-electron chi connectivity index (χ1n) is 6.03. The van der Waals surface area contributed by atoms with Gasteiger partial charge in [-0.25, -0.2) is 9.66 Å². The topological polar surface area (TPSA) is 60.9 Å². The lowest BCUT2D eigenvalue weighted by atomic mass is 10.0. The predicted molar refractivity (Wildman–Crippen MR) is 84.0 cm³/mol. The van der Waals surface area contributed by atoms with Gasteiger partial charge >= 0.3 is 0 Å². The molecule has 4 nitrogen and oxygen atoms in total. The number of aryl methyl sites for hydroxylation is 2. The maximum absolute atomic E-state index is 12.4. The van der Waals surface area contributed by atoms with E-state index in [1.165, 1.54) is 11.3 Å². The van der Waals surface area contributed by atoms with Gasteiger partial charge in [0.15, 0.2) is 0 Å². The van der Waals surface area contributed by atoms with Crippen LogP contribution in [0.25, 0.3) is 21.3 Å². The number of fused-ring (bicyclic) bond motifs is 1. The molecule has 20 heavy (non-hydrogen) atoms. The van der Waals surface area contributed by atoms with Gasteiger partial charge in [-0.3, -0.25) is 4.79 Å². The summed E-state index contributed by atoms with van der Waals surface area (Å²) in [5, 5.41) is 1.24. The monoisotopic (exact) mass is 305 g/mol. The van der Waals surface area contributed by atoms with E-state index in [0.717, 1.165) is 25.5 Å². The fourth-order valence-corrected chi connectivity index (χ4v) is 3.45. The first-order valence-corrected chi connectivity index (χ1v) is 7.22. The molecule has 3 aromatic rings. The van der Waals surface area contributed by atoms with E-state index in [1.807, 2.05) is 31.2 Å². The normalized spacial score (nSPS) is 11.2. The molecule has 2 N–H and O–H groups in total. The standard InChI is InChI=1S/C14H12ClN3OS/c1-7-11(9-3-5-10(15)6-4-9)12-13(20-7)17-8(2)18(16)14(12)19/h3-6H,16H2,1-2H3. The number of benzene rings is 1. The molecule has 3 rings (SSSR count). The Balaban J connectivity index is 2.42. The van der Waals surface area contributed by atoms with E-state index in [0.29, 0.717) is 16.2 Å². The van der Waals surface area contributed by atoms with Crippen LogP contribution >= 0.6 is 22.9 Å². The van der Waals surface area contributed by atoms with Crippen molar-refractivity contribution >= 4 is 33.2 Å². The van der Waals surface area contributed by atoms with Gasteiger partial charge in [-0.1, -0.05) is 23.7 Å². The molecule has 0 radical (unpaired) electrons. The Hall–Kier alpha value is -1.85. The zero-order chi connectivity index (χ0) is 14.4. The zero-order valence-electron chi connectivity index (χ0n) is 11.0. The number of nitrogens with two attached hydrogens (primary N) is 1. The predicted octanol–water partition coefficient (Wildman–Crippen LogP) is 3.11. The Morgan fingerprint density at radius 1 is 1.25 bits per heavy atom. The molecular formula is C14H12ClN3OS. The van der Waals surface area contributed by atoms with E-state index in [-0.39, 0.29) is 5.56 Å². The van der Waals surface area contributed by atoms with E-state index in [9.17, 15) is 4.79 Å². The maximum Gasteiger partial charge on any atom is 0.281 e. The summed E-state index contributed by atoms with van der Waals surface area (Å²) in [6.45, 7) is 3.70. The largest absolute Gasteiger partial charge is 0.335 e. The lowest BCUT2D eigenvalue weighted by molar-refractivity contribution is 0.855. The summed E-state index contributed by atoms with van der Waals surface area (Å²) in [5.74, 6) is 6.26. The van der Waals surface area contributed by atoms with Gasteiger partial charge in [0.2, 0.25) is 0 Å². The molecular weight excluding hydrogens is 294 g/mol. The second kappa shape index (κ2) is 4.61. The highest BCUT2D eigenvalue weighted by molar-refractivity contribution is 7.19. The molecule has 0 spiro atoms. The van der Waals surface area contributed by atoms with Crippen molar-refractivity contribution in [2.45, 2.75) is 13.8 Å². The molecule has 0 aliphatic carbocycles. The van der Waals surface area contributed by atoms with Crippen LogP contribution in [-0.4, -0.2) is 9.66 Å². The second-order valence-corrected chi connectivity index (χ2v) is 6.19. The number of hydrogen-bond acceptors (Lipinski definition) is 4. The lowest BCUT2D eigenvalue weighted by Crippen LogP contribution is -2.30. The highest BCUT2D eigenvalue weighted by atomic mass is 35.5. The van der Waals surface area contributed by atoms with Gasteiger partial charge in [0.25, 0.3) is 5.56 Å². The van der Waals surface area contributed by atoms with E-state index < -0.39 is 0 Å².